The van der Waals surface area contributed by atoms with Crippen LogP contribution >= 0.6 is 0 Å². The van der Waals surface area contributed by atoms with E-state index in [-0.39, 0.29) is 23.2 Å². The van der Waals surface area contributed by atoms with E-state index in [2.05, 4.69) is 4.90 Å². The third-order valence-corrected chi connectivity index (χ3v) is 3.99. The largest absolute Gasteiger partial charge is 0.535 e. The summed E-state index contributed by atoms with van der Waals surface area (Å²) in [5, 5.41) is 19.1. The highest BCUT2D eigenvalue weighted by Gasteiger charge is 2.33. The quantitative estimate of drug-likeness (QED) is 0.648. The Kier molecular flexibility index (Phi) is 4.24. The number of carboxylic acid groups (broad SMARTS) is 1. The Bertz CT molecular complexity index is 577. The van der Waals surface area contributed by atoms with Gasteiger partial charge in [0.05, 0.1) is 0 Å². The van der Waals surface area contributed by atoms with Crippen LogP contribution in [0.2, 0.25) is 6.32 Å². The summed E-state index contributed by atoms with van der Waals surface area (Å²) in [7, 11) is -0.968. The summed E-state index contributed by atoms with van der Waals surface area (Å²) < 4.78 is 11.1. The van der Waals surface area contributed by atoms with Crippen LogP contribution in [0.5, 0.6) is 11.5 Å². The number of nitrogens with zero attached hydrogens (tertiary/aromatic N) is 1. The number of rotatable bonds is 5. The number of carbonyl (C=O) groups is 1. The maximum absolute atomic E-state index is 11.6. The van der Waals surface area contributed by atoms with E-state index in [0.29, 0.717) is 19.3 Å². The van der Waals surface area contributed by atoms with Gasteiger partial charge in [0, 0.05) is 26.2 Å². The molecule has 0 atom stereocenters. The number of aromatic carboxylic acids is 1. The number of hydrogen-bond donors (Lipinski definition) is 3. The van der Waals surface area contributed by atoms with Crippen molar-refractivity contribution in [2.24, 2.45) is 5.73 Å². The number of fused-ring (bicyclic) bond motifs is 1. The normalized spacial score (nSPS) is 18.4. The first-order valence-electron chi connectivity index (χ1n) is 7.41. The fourth-order valence-electron chi connectivity index (χ4n) is 2.86. The lowest BCUT2D eigenvalue weighted by Crippen LogP contribution is -2.55. The van der Waals surface area contributed by atoms with Crippen LogP contribution in [0.25, 0.3) is 0 Å². The third-order valence-electron chi connectivity index (χ3n) is 3.99. The average molecular weight is 306 g/mol. The molecule has 3 rings (SSSR count). The molecule has 4 N–H and O–H groups in total. The lowest BCUT2D eigenvalue weighted by molar-refractivity contribution is 0.0210. The van der Waals surface area contributed by atoms with E-state index in [1.165, 1.54) is 0 Å². The zero-order chi connectivity index (χ0) is 15.7. The molecule has 1 aromatic carbocycles. The smallest absolute Gasteiger partial charge is 0.522 e. The highest BCUT2D eigenvalue weighted by Crippen LogP contribution is 2.37. The van der Waals surface area contributed by atoms with Crippen LogP contribution in [0.15, 0.2) is 12.1 Å². The van der Waals surface area contributed by atoms with Crippen LogP contribution in [-0.2, 0) is 6.42 Å². The fraction of sp³-hybridized carbons (Fsp3) is 0.500. The third kappa shape index (κ3) is 2.90. The first kappa shape index (κ1) is 15.1. The number of carboxylic acids is 1. The summed E-state index contributed by atoms with van der Waals surface area (Å²) in [6.45, 7) is 2.87. The summed E-state index contributed by atoms with van der Waals surface area (Å²) in [5.74, 6) is -0.598. The van der Waals surface area contributed by atoms with E-state index in [1.54, 1.807) is 12.1 Å². The molecule has 0 spiro atoms. The number of hydrogen-bond acceptors (Lipinski definition) is 6. The minimum Gasteiger partial charge on any atom is -0.535 e. The molecule has 2 aliphatic heterocycles. The van der Waals surface area contributed by atoms with Crippen molar-refractivity contribution in [3.05, 3.63) is 23.3 Å². The van der Waals surface area contributed by atoms with Crippen molar-refractivity contribution < 1.29 is 24.3 Å². The van der Waals surface area contributed by atoms with Crippen molar-refractivity contribution in [2.75, 3.05) is 26.2 Å². The van der Waals surface area contributed by atoms with Crippen molar-refractivity contribution >= 4 is 13.1 Å². The molecule has 0 aromatic heterocycles. The highest BCUT2D eigenvalue weighted by atomic mass is 16.5. The standard InChI is InChI=1S/C14H19BN2O5/c16-5-6-17-7-10(8-17)21-11-2-1-9-3-4-15(20)22-13(9)12(11)14(18)19/h1-2,10,20H,3-8,16H2,(H,18,19). The Morgan fingerprint density at radius 1 is 1.50 bits per heavy atom. The van der Waals surface area contributed by atoms with Crippen molar-refractivity contribution in [1.29, 1.82) is 0 Å². The molecule has 22 heavy (non-hydrogen) atoms. The zero-order valence-electron chi connectivity index (χ0n) is 12.2. The molecule has 118 valence electrons. The number of ether oxygens (including phenoxy) is 1. The van der Waals surface area contributed by atoms with Crippen LogP contribution in [-0.4, -0.2) is 60.4 Å². The molecule has 0 amide bonds. The number of nitrogens with two attached hydrogens (primary N) is 1. The van der Waals surface area contributed by atoms with Gasteiger partial charge >= 0.3 is 13.1 Å². The topological polar surface area (TPSA) is 105 Å². The second-order valence-corrected chi connectivity index (χ2v) is 5.63. The molecular weight excluding hydrogens is 287 g/mol. The monoisotopic (exact) mass is 306 g/mol. The van der Waals surface area contributed by atoms with Gasteiger partial charge < -0.3 is 25.3 Å². The predicted octanol–water partition coefficient (Wildman–Crippen LogP) is -0.178. The molecule has 7 nitrogen and oxygen atoms in total. The van der Waals surface area contributed by atoms with Crippen LogP contribution in [0.3, 0.4) is 0 Å². The predicted molar refractivity (Wildman–Crippen MR) is 80.4 cm³/mol. The lowest BCUT2D eigenvalue weighted by atomic mass is 9.78. The van der Waals surface area contributed by atoms with Crippen molar-refractivity contribution in [2.45, 2.75) is 18.8 Å². The fourth-order valence-corrected chi connectivity index (χ4v) is 2.86. The van der Waals surface area contributed by atoms with Crippen LogP contribution in [0, 0.1) is 0 Å². The van der Waals surface area contributed by atoms with E-state index >= 15 is 0 Å². The van der Waals surface area contributed by atoms with E-state index in [0.717, 1.165) is 25.2 Å². The van der Waals surface area contributed by atoms with Crippen LogP contribution < -0.4 is 15.1 Å². The second-order valence-electron chi connectivity index (χ2n) is 5.63. The second kappa shape index (κ2) is 6.16. The average Bonchev–Trinajstić information content (AvgIpc) is 2.44. The molecule has 2 aliphatic rings. The molecule has 1 saturated heterocycles. The Balaban J connectivity index is 1.80. The highest BCUT2D eigenvalue weighted by molar-refractivity contribution is 6.44. The number of aryl methyl sites for hydroxylation is 1. The van der Waals surface area contributed by atoms with E-state index in [1.807, 2.05) is 0 Å². The molecule has 1 aromatic rings. The van der Waals surface area contributed by atoms with E-state index < -0.39 is 13.1 Å². The SMILES string of the molecule is NCCN1CC(Oc2ccc3c(c2C(=O)O)OB(O)CC3)C1. The van der Waals surface area contributed by atoms with Gasteiger partial charge in [0.1, 0.15) is 23.2 Å². The van der Waals surface area contributed by atoms with Gasteiger partial charge in [0.15, 0.2) is 0 Å². The van der Waals surface area contributed by atoms with Gasteiger partial charge in [-0.2, -0.15) is 0 Å². The van der Waals surface area contributed by atoms with Gasteiger partial charge in [-0.3, -0.25) is 4.90 Å². The Morgan fingerprint density at radius 2 is 2.27 bits per heavy atom. The first-order chi connectivity index (χ1) is 10.6. The molecule has 8 heteroatoms. The molecule has 0 unspecified atom stereocenters. The first-order valence-corrected chi connectivity index (χ1v) is 7.41. The Labute approximate surface area is 128 Å². The van der Waals surface area contributed by atoms with Gasteiger partial charge in [0.25, 0.3) is 0 Å². The minimum absolute atomic E-state index is 0.00600. The summed E-state index contributed by atoms with van der Waals surface area (Å²) in [6.07, 6.45) is 1.00. The number of likely N-dealkylation sites (tertiary alicyclic amines) is 1. The Hall–Kier alpha value is -1.77. The van der Waals surface area contributed by atoms with Crippen molar-refractivity contribution in [3.8, 4) is 11.5 Å². The molecule has 2 heterocycles. The van der Waals surface area contributed by atoms with Gasteiger partial charge in [-0.25, -0.2) is 4.79 Å². The zero-order valence-corrected chi connectivity index (χ0v) is 12.2. The Morgan fingerprint density at radius 3 is 2.95 bits per heavy atom. The van der Waals surface area contributed by atoms with Gasteiger partial charge in [0.2, 0.25) is 0 Å². The summed E-state index contributed by atoms with van der Waals surface area (Å²) in [5.41, 5.74) is 6.27. The maximum atomic E-state index is 11.6. The van der Waals surface area contributed by atoms with E-state index in [9.17, 15) is 14.9 Å². The van der Waals surface area contributed by atoms with Gasteiger partial charge in [-0.1, -0.05) is 6.07 Å². The maximum Gasteiger partial charge on any atom is 0.522 e. The van der Waals surface area contributed by atoms with Crippen LogP contribution in [0.4, 0.5) is 0 Å². The van der Waals surface area contributed by atoms with Crippen molar-refractivity contribution in [3.63, 3.8) is 0 Å². The summed E-state index contributed by atoms with van der Waals surface area (Å²) in [6, 6.07) is 3.48. The molecule has 0 bridgehead atoms. The molecule has 1 fully saturated rings. The molecule has 0 saturated carbocycles. The van der Waals surface area contributed by atoms with Gasteiger partial charge in [-0.15, -0.1) is 0 Å². The lowest BCUT2D eigenvalue weighted by Gasteiger charge is -2.39. The number of benzene rings is 1. The van der Waals surface area contributed by atoms with Gasteiger partial charge in [-0.05, 0) is 24.4 Å². The van der Waals surface area contributed by atoms with Crippen LogP contribution in [0.1, 0.15) is 15.9 Å². The summed E-state index contributed by atoms with van der Waals surface area (Å²) in [4.78, 5) is 13.7. The minimum atomic E-state index is -1.11. The summed E-state index contributed by atoms with van der Waals surface area (Å²) >= 11 is 0. The van der Waals surface area contributed by atoms with E-state index in [4.69, 9.17) is 15.1 Å². The molecule has 0 radical (unpaired) electrons. The van der Waals surface area contributed by atoms with Crippen molar-refractivity contribution in [1.82, 2.24) is 4.90 Å². The molecule has 0 aliphatic carbocycles. The molecular formula is C14H19BN2O5.